The standard InChI is InChI=1S/C18H20N4O3/c19-17-4-1-12(9-20-17)7-13-5-6-22(10-13)18(23)21-14-2-3-15-16(8-14)25-11-24-15/h1-4,8-9,13H,5-7,10-11H2,(H2,19,20)(H,21,23). The number of carbonyl (C=O) groups is 1. The topological polar surface area (TPSA) is 89.7 Å². The Balaban J connectivity index is 1.33. The first-order valence-electron chi connectivity index (χ1n) is 8.33. The van der Waals surface area contributed by atoms with Gasteiger partial charge in [0.15, 0.2) is 11.5 Å². The van der Waals surface area contributed by atoms with Crippen LogP contribution in [0.15, 0.2) is 36.5 Å². The van der Waals surface area contributed by atoms with Crippen LogP contribution in [0.25, 0.3) is 0 Å². The van der Waals surface area contributed by atoms with Gasteiger partial charge in [-0.15, -0.1) is 0 Å². The number of nitrogens with zero attached hydrogens (tertiary/aromatic N) is 2. The molecule has 0 saturated carbocycles. The zero-order valence-corrected chi connectivity index (χ0v) is 13.8. The maximum atomic E-state index is 12.5. The number of nitrogens with one attached hydrogen (secondary N) is 1. The molecule has 1 aromatic carbocycles. The monoisotopic (exact) mass is 340 g/mol. The number of nitrogens with two attached hydrogens (primary N) is 1. The van der Waals surface area contributed by atoms with Gasteiger partial charge in [-0.1, -0.05) is 6.07 Å². The molecule has 2 aliphatic heterocycles. The third-order valence-corrected chi connectivity index (χ3v) is 4.57. The summed E-state index contributed by atoms with van der Waals surface area (Å²) in [4.78, 5) is 18.4. The highest BCUT2D eigenvalue weighted by molar-refractivity contribution is 5.90. The lowest BCUT2D eigenvalue weighted by Gasteiger charge is -2.17. The van der Waals surface area contributed by atoms with Crippen LogP contribution in [0.5, 0.6) is 11.5 Å². The molecule has 1 fully saturated rings. The fraction of sp³-hybridized carbons (Fsp3) is 0.333. The van der Waals surface area contributed by atoms with Crippen molar-refractivity contribution >= 4 is 17.5 Å². The predicted octanol–water partition coefficient (Wildman–Crippen LogP) is 2.49. The van der Waals surface area contributed by atoms with Gasteiger partial charge in [0.25, 0.3) is 0 Å². The SMILES string of the molecule is Nc1ccc(CC2CCN(C(=O)Nc3ccc4c(c3)OCO4)C2)cn1. The zero-order valence-electron chi connectivity index (χ0n) is 13.8. The molecule has 2 amide bonds. The van der Waals surface area contributed by atoms with E-state index < -0.39 is 0 Å². The van der Waals surface area contributed by atoms with Crippen molar-refractivity contribution in [1.82, 2.24) is 9.88 Å². The molecule has 0 radical (unpaired) electrons. The molecule has 3 heterocycles. The van der Waals surface area contributed by atoms with Crippen molar-refractivity contribution in [2.24, 2.45) is 5.92 Å². The molecule has 1 unspecified atom stereocenters. The highest BCUT2D eigenvalue weighted by Gasteiger charge is 2.26. The quantitative estimate of drug-likeness (QED) is 0.896. The van der Waals surface area contributed by atoms with E-state index >= 15 is 0 Å². The lowest BCUT2D eigenvalue weighted by molar-refractivity contribution is 0.174. The van der Waals surface area contributed by atoms with Crippen LogP contribution < -0.4 is 20.5 Å². The fourth-order valence-electron chi connectivity index (χ4n) is 3.25. The number of ether oxygens (including phenoxy) is 2. The predicted molar refractivity (Wildman–Crippen MR) is 93.6 cm³/mol. The van der Waals surface area contributed by atoms with E-state index in [1.54, 1.807) is 12.1 Å². The van der Waals surface area contributed by atoms with E-state index in [2.05, 4.69) is 10.3 Å². The Morgan fingerprint density at radius 2 is 2.16 bits per heavy atom. The number of nitrogen functional groups attached to an aromatic ring is 1. The van der Waals surface area contributed by atoms with Crippen LogP contribution in [0, 0.1) is 5.92 Å². The molecule has 2 aromatic rings. The van der Waals surface area contributed by atoms with Crippen LogP contribution in [-0.4, -0.2) is 35.8 Å². The minimum Gasteiger partial charge on any atom is -0.454 e. The van der Waals surface area contributed by atoms with Gasteiger partial charge in [0.1, 0.15) is 5.82 Å². The van der Waals surface area contributed by atoms with Crippen molar-refractivity contribution in [1.29, 1.82) is 0 Å². The Labute approximate surface area is 145 Å². The highest BCUT2D eigenvalue weighted by atomic mass is 16.7. The Kier molecular flexibility index (Phi) is 4.05. The number of likely N-dealkylation sites (tertiary alicyclic amines) is 1. The Morgan fingerprint density at radius 3 is 3.00 bits per heavy atom. The summed E-state index contributed by atoms with van der Waals surface area (Å²) in [7, 11) is 0. The normalized spacial score (nSPS) is 18.4. The van der Waals surface area contributed by atoms with Crippen LogP contribution in [0.2, 0.25) is 0 Å². The van der Waals surface area contributed by atoms with Crippen LogP contribution in [-0.2, 0) is 6.42 Å². The number of pyridine rings is 1. The second kappa shape index (κ2) is 6.51. The largest absolute Gasteiger partial charge is 0.454 e. The molecule has 2 aliphatic rings. The molecule has 7 nitrogen and oxygen atoms in total. The number of hydrogen-bond donors (Lipinski definition) is 2. The van der Waals surface area contributed by atoms with Gasteiger partial charge < -0.3 is 25.4 Å². The van der Waals surface area contributed by atoms with Crippen LogP contribution in [0.4, 0.5) is 16.3 Å². The lowest BCUT2D eigenvalue weighted by Crippen LogP contribution is -2.33. The summed E-state index contributed by atoms with van der Waals surface area (Å²) in [5, 5.41) is 2.93. The molecule has 0 bridgehead atoms. The van der Waals surface area contributed by atoms with Gasteiger partial charge >= 0.3 is 6.03 Å². The minimum atomic E-state index is -0.0863. The fourth-order valence-corrected chi connectivity index (χ4v) is 3.25. The number of urea groups is 1. The second-order valence-corrected chi connectivity index (χ2v) is 6.39. The van der Waals surface area contributed by atoms with E-state index in [0.29, 0.717) is 28.9 Å². The molecule has 1 saturated heterocycles. The third kappa shape index (κ3) is 3.45. The summed E-state index contributed by atoms with van der Waals surface area (Å²) in [6.45, 7) is 1.71. The van der Waals surface area contributed by atoms with Crippen molar-refractivity contribution in [2.45, 2.75) is 12.8 Å². The minimum absolute atomic E-state index is 0.0863. The Bertz CT molecular complexity index is 778. The van der Waals surface area contributed by atoms with Gasteiger partial charge in [-0.25, -0.2) is 9.78 Å². The van der Waals surface area contributed by atoms with Gasteiger partial charge in [-0.05, 0) is 42.5 Å². The first kappa shape index (κ1) is 15.6. The summed E-state index contributed by atoms with van der Waals surface area (Å²) < 4.78 is 10.6. The van der Waals surface area contributed by atoms with E-state index in [0.717, 1.165) is 31.5 Å². The van der Waals surface area contributed by atoms with Crippen LogP contribution in [0.1, 0.15) is 12.0 Å². The van der Waals surface area contributed by atoms with Crippen LogP contribution >= 0.6 is 0 Å². The van der Waals surface area contributed by atoms with E-state index in [9.17, 15) is 4.79 Å². The number of anilines is 2. The van der Waals surface area contributed by atoms with E-state index in [1.807, 2.05) is 29.3 Å². The van der Waals surface area contributed by atoms with Gasteiger partial charge in [0.05, 0.1) is 0 Å². The van der Waals surface area contributed by atoms with E-state index in [1.165, 1.54) is 0 Å². The smallest absolute Gasteiger partial charge is 0.321 e. The zero-order chi connectivity index (χ0) is 17.2. The Hall–Kier alpha value is -2.96. The molecular formula is C18H20N4O3. The molecule has 0 aliphatic carbocycles. The molecule has 25 heavy (non-hydrogen) atoms. The molecule has 1 atom stereocenters. The third-order valence-electron chi connectivity index (χ3n) is 4.57. The van der Waals surface area contributed by atoms with Gasteiger partial charge in [0.2, 0.25) is 6.79 Å². The molecule has 7 heteroatoms. The van der Waals surface area contributed by atoms with Crippen molar-refractivity contribution < 1.29 is 14.3 Å². The molecule has 130 valence electrons. The number of rotatable bonds is 3. The first-order valence-corrected chi connectivity index (χ1v) is 8.33. The van der Waals surface area contributed by atoms with Crippen molar-refractivity contribution in [3.05, 3.63) is 42.1 Å². The molecule has 4 rings (SSSR count). The summed E-state index contributed by atoms with van der Waals surface area (Å²) in [5.41, 5.74) is 7.47. The Morgan fingerprint density at radius 1 is 1.28 bits per heavy atom. The molecule has 3 N–H and O–H groups in total. The second-order valence-electron chi connectivity index (χ2n) is 6.39. The summed E-state index contributed by atoms with van der Waals surface area (Å²) in [6, 6.07) is 9.13. The number of hydrogen-bond acceptors (Lipinski definition) is 5. The molecular weight excluding hydrogens is 320 g/mol. The van der Waals surface area contributed by atoms with E-state index in [4.69, 9.17) is 15.2 Å². The number of aromatic nitrogens is 1. The summed E-state index contributed by atoms with van der Waals surface area (Å²) in [6.07, 6.45) is 3.70. The maximum Gasteiger partial charge on any atom is 0.321 e. The number of fused-ring (bicyclic) bond motifs is 1. The number of benzene rings is 1. The van der Waals surface area contributed by atoms with Gasteiger partial charge in [-0.3, -0.25) is 0 Å². The highest BCUT2D eigenvalue weighted by Crippen LogP contribution is 2.34. The van der Waals surface area contributed by atoms with Gasteiger partial charge in [-0.2, -0.15) is 0 Å². The number of carbonyl (C=O) groups excluding carboxylic acids is 1. The molecule has 0 spiro atoms. The van der Waals surface area contributed by atoms with Gasteiger partial charge in [0, 0.05) is 31.0 Å². The van der Waals surface area contributed by atoms with Crippen molar-refractivity contribution in [3.8, 4) is 11.5 Å². The first-order chi connectivity index (χ1) is 12.2. The number of amides is 2. The average molecular weight is 340 g/mol. The summed E-state index contributed by atoms with van der Waals surface area (Å²) in [5.74, 6) is 2.33. The molecule has 1 aromatic heterocycles. The van der Waals surface area contributed by atoms with Crippen molar-refractivity contribution in [3.63, 3.8) is 0 Å². The van der Waals surface area contributed by atoms with E-state index in [-0.39, 0.29) is 12.8 Å². The maximum absolute atomic E-state index is 12.5. The van der Waals surface area contributed by atoms with Crippen LogP contribution in [0.3, 0.4) is 0 Å². The average Bonchev–Trinajstić information content (AvgIpc) is 3.26. The van der Waals surface area contributed by atoms with Crippen molar-refractivity contribution in [2.75, 3.05) is 30.9 Å². The lowest BCUT2D eigenvalue weighted by atomic mass is 10.00. The summed E-state index contributed by atoms with van der Waals surface area (Å²) >= 11 is 0.